The van der Waals surface area contributed by atoms with Gasteiger partial charge in [-0.25, -0.2) is 8.78 Å². The van der Waals surface area contributed by atoms with E-state index in [0.29, 0.717) is 17.1 Å². The first-order valence-corrected chi connectivity index (χ1v) is 6.38. The lowest BCUT2D eigenvalue weighted by Crippen LogP contribution is -1.92. The average molecular weight is 301 g/mol. The van der Waals surface area contributed by atoms with Crippen molar-refractivity contribution in [2.45, 2.75) is 0 Å². The second-order valence-electron chi connectivity index (χ2n) is 4.41. The van der Waals surface area contributed by atoms with Crippen LogP contribution >= 0.6 is 0 Å². The monoisotopic (exact) mass is 301 g/mol. The summed E-state index contributed by atoms with van der Waals surface area (Å²) in [5.41, 5.74) is 0.906. The van der Waals surface area contributed by atoms with Crippen molar-refractivity contribution in [3.63, 3.8) is 0 Å². The van der Waals surface area contributed by atoms with E-state index in [0.717, 1.165) is 12.1 Å². The van der Waals surface area contributed by atoms with Gasteiger partial charge in [0.05, 0.1) is 25.9 Å². The Kier molecular flexibility index (Phi) is 4.74. The van der Waals surface area contributed by atoms with Crippen molar-refractivity contribution in [1.82, 2.24) is 0 Å². The molecular weight excluding hydrogens is 288 g/mol. The van der Waals surface area contributed by atoms with Crippen molar-refractivity contribution in [3.8, 4) is 17.6 Å². The molecule has 112 valence electrons. The Hall–Kier alpha value is -2.87. The van der Waals surface area contributed by atoms with Crippen molar-refractivity contribution in [2.75, 3.05) is 14.2 Å². The number of hydrogen-bond acceptors (Lipinski definition) is 3. The van der Waals surface area contributed by atoms with E-state index in [1.54, 1.807) is 18.2 Å². The number of ether oxygens (including phenoxy) is 2. The molecule has 0 aliphatic rings. The molecule has 2 aromatic carbocycles. The zero-order chi connectivity index (χ0) is 16.1. The van der Waals surface area contributed by atoms with Gasteiger partial charge in [0.2, 0.25) is 0 Å². The van der Waals surface area contributed by atoms with Crippen molar-refractivity contribution in [3.05, 3.63) is 59.2 Å². The van der Waals surface area contributed by atoms with Crippen LogP contribution in [0, 0.1) is 23.0 Å². The van der Waals surface area contributed by atoms with E-state index >= 15 is 0 Å². The molecule has 0 radical (unpaired) electrons. The average Bonchev–Trinajstić information content (AvgIpc) is 2.53. The van der Waals surface area contributed by atoms with Crippen LogP contribution in [-0.4, -0.2) is 14.2 Å². The smallest absolute Gasteiger partial charge is 0.161 e. The summed E-state index contributed by atoms with van der Waals surface area (Å²) in [6, 6.07) is 10.1. The quantitative estimate of drug-likeness (QED) is 0.632. The van der Waals surface area contributed by atoms with E-state index in [2.05, 4.69) is 0 Å². The molecule has 0 fully saturated rings. The summed E-state index contributed by atoms with van der Waals surface area (Å²) in [5.74, 6) is -0.412. The van der Waals surface area contributed by atoms with Gasteiger partial charge in [0, 0.05) is 11.6 Å². The van der Waals surface area contributed by atoms with Gasteiger partial charge in [0.25, 0.3) is 0 Å². The molecule has 0 amide bonds. The van der Waals surface area contributed by atoms with Crippen LogP contribution in [-0.2, 0) is 0 Å². The lowest BCUT2D eigenvalue weighted by atomic mass is 10.0. The maximum Gasteiger partial charge on any atom is 0.161 e. The fourth-order valence-electron chi connectivity index (χ4n) is 1.96. The van der Waals surface area contributed by atoms with E-state index in [4.69, 9.17) is 9.47 Å². The van der Waals surface area contributed by atoms with Crippen LogP contribution in [0.25, 0.3) is 11.6 Å². The van der Waals surface area contributed by atoms with Gasteiger partial charge in [0.1, 0.15) is 11.6 Å². The molecule has 0 N–H and O–H groups in total. The van der Waals surface area contributed by atoms with Crippen LogP contribution in [0.5, 0.6) is 11.5 Å². The molecule has 0 saturated heterocycles. The highest BCUT2D eigenvalue weighted by Gasteiger charge is 2.09. The number of methoxy groups -OCH3 is 2. The highest BCUT2D eigenvalue weighted by atomic mass is 19.1. The van der Waals surface area contributed by atoms with Gasteiger partial charge in [-0.05, 0) is 42.0 Å². The SMILES string of the molecule is COc1ccc(C(C#N)=Cc2ccc(F)cc2F)cc1OC. The normalized spacial score (nSPS) is 11.0. The molecule has 5 heteroatoms. The topological polar surface area (TPSA) is 42.2 Å². The molecular formula is C17H13F2NO2. The number of rotatable bonds is 4. The minimum Gasteiger partial charge on any atom is -0.493 e. The summed E-state index contributed by atoms with van der Waals surface area (Å²) in [7, 11) is 2.99. The zero-order valence-electron chi connectivity index (χ0n) is 12.1. The highest BCUT2D eigenvalue weighted by Crippen LogP contribution is 2.31. The molecule has 0 saturated carbocycles. The number of hydrogen-bond donors (Lipinski definition) is 0. The Morgan fingerprint density at radius 1 is 1.05 bits per heavy atom. The van der Waals surface area contributed by atoms with Gasteiger partial charge in [-0.15, -0.1) is 0 Å². The molecule has 0 heterocycles. The molecule has 0 aromatic heterocycles. The van der Waals surface area contributed by atoms with E-state index in [-0.39, 0.29) is 11.1 Å². The largest absolute Gasteiger partial charge is 0.493 e. The summed E-state index contributed by atoms with van der Waals surface area (Å²) in [5, 5.41) is 9.29. The van der Waals surface area contributed by atoms with Crippen LogP contribution in [0.3, 0.4) is 0 Å². The van der Waals surface area contributed by atoms with Crippen LogP contribution in [0.2, 0.25) is 0 Å². The Morgan fingerprint density at radius 2 is 1.77 bits per heavy atom. The molecule has 2 rings (SSSR count). The first-order chi connectivity index (χ1) is 10.6. The van der Waals surface area contributed by atoms with Crippen LogP contribution < -0.4 is 9.47 Å². The number of nitriles is 1. The summed E-state index contributed by atoms with van der Waals surface area (Å²) in [4.78, 5) is 0. The molecule has 0 atom stereocenters. The predicted octanol–water partition coefficient (Wildman–Crippen LogP) is 4.05. The molecule has 0 bridgehead atoms. The van der Waals surface area contributed by atoms with Crippen molar-refractivity contribution >= 4 is 11.6 Å². The second kappa shape index (κ2) is 6.72. The van der Waals surface area contributed by atoms with Crippen LogP contribution in [0.1, 0.15) is 11.1 Å². The number of allylic oxidation sites excluding steroid dienone is 1. The van der Waals surface area contributed by atoms with E-state index < -0.39 is 11.6 Å². The first-order valence-electron chi connectivity index (χ1n) is 6.38. The van der Waals surface area contributed by atoms with Gasteiger partial charge in [-0.2, -0.15) is 5.26 Å². The maximum atomic E-state index is 13.7. The van der Waals surface area contributed by atoms with E-state index in [1.807, 2.05) is 6.07 Å². The van der Waals surface area contributed by atoms with Gasteiger partial charge in [-0.3, -0.25) is 0 Å². The number of nitrogens with zero attached hydrogens (tertiary/aromatic N) is 1. The fourth-order valence-corrected chi connectivity index (χ4v) is 1.96. The van der Waals surface area contributed by atoms with Crippen LogP contribution in [0.15, 0.2) is 36.4 Å². The number of benzene rings is 2. The molecule has 0 aliphatic carbocycles. The van der Waals surface area contributed by atoms with Crippen LogP contribution in [0.4, 0.5) is 8.78 Å². The Morgan fingerprint density at radius 3 is 2.36 bits per heavy atom. The zero-order valence-corrected chi connectivity index (χ0v) is 12.1. The van der Waals surface area contributed by atoms with Gasteiger partial charge < -0.3 is 9.47 Å². The second-order valence-corrected chi connectivity index (χ2v) is 4.41. The van der Waals surface area contributed by atoms with Gasteiger partial charge >= 0.3 is 0 Å². The van der Waals surface area contributed by atoms with Gasteiger partial charge in [-0.1, -0.05) is 0 Å². The van der Waals surface area contributed by atoms with E-state index in [9.17, 15) is 14.0 Å². The predicted molar refractivity (Wildman–Crippen MR) is 79.4 cm³/mol. The minimum absolute atomic E-state index is 0.132. The maximum absolute atomic E-state index is 13.7. The third kappa shape index (κ3) is 3.23. The molecule has 3 nitrogen and oxygen atoms in total. The van der Waals surface area contributed by atoms with Crippen molar-refractivity contribution < 1.29 is 18.3 Å². The van der Waals surface area contributed by atoms with Gasteiger partial charge in [0.15, 0.2) is 11.5 Å². The molecule has 22 heavy (non-hydrogen) atoms. The molecule has 0 unspecified atom stereocenters. The minimum atomic E-state index is -0.728. The summed E-state index contributed by atoms with van der Waals surface area (Å²) in [6.07, 6.45) is 1.36. The Bertz CT molecular complexity index is 764. The van der Waals surface area contributed by atoms with Crippen molar-refractivity contribution in [1.29, 1.82) is 5.26 Å². The highest BCUT2D eigenvalue weighted by molar-refractivity contribution is 5.90. The standard InChI is InChI=1S/C17H13F2NO2/c1-21-16-6-4-11(8-17(16)22-2)13(10-20)7-12-3-5-14(18)9-15(12)19/h3-9H,1-2H3. The third-order valence-corrected chi connectivity index (χ3v) is 3.08. The summed E-state index contributed by atoms with van der Waals surface area (Å²) >= 11 is 0. The number of halogens is 2. The molecule has 0 aliphatic heterocycles. The Balaban J connectivity index is 2.48. The molecule has 2 aromatic rings. The van der Waals surface area contributed by atoms with E-state index in [1.165, 1.54) is 26.4 Å². The fraction of sp³-hybridized carbons (Fsp3) is 0.118. The summed E-state index contributed by atoms with van der Waals surface area (Å²) < 4.78 is 36.9. The summed E-state index contributed by atoms with van der Waals surface area (Å²) in [6.45, 7) is 0. The molecule has 0 spiro atoms. The lowest BCUT2D eigenvalue weighted by Gasteiger charge is -2.09. The first kappa shape index (κ1) is 15.5. The lowest BCUT2D eigenvalue weighted by molar-refractivity contribution is 0.355. The van der Waals surface area contributed by atoms with Crippen molar-refractivity contribution in [2.24, 2.45) is 0 Å². The third-order valence-electron chi connectivity index (χ3n) is 3.08. The Labute approximate surface area is 127 Å².